The molecule has 0 aliphatic rings. The van der Waals surface area contributed by atoms with Crippen molar-refractivity contribution in [2.45, 2.75) is 39.0 Å². The predicted octanol–water partition coefficient (Wildman–Crippen LogP) is 6.09. The van der Waals surface area contributed by atoms with Crippen LogP contribution in [-0.4, -0.2) is 34.1 Å². The van der Waals surface area contributed by atoms with E-state index in [2.05, 4.69) is 20.9 Å². The van der Waals surface area contributed by atoms with Crippen molar-refractivity contribution in [1.82, 2.24) is 10.3 Å². The summed E-state index contributed by atoms with van der Waals surface area (Å²) in [6, 6.07) is 20.0. The highest BCUT2D eigenvalue weighted by atomic mass is 35.5. The number of fused-ring (bicyclic) bond motifs is 1. The van der Waals surface area contributed by atoms with Crippen LogP contribution in [0.5, 0.6) is 0 Å². The first-order chi connectivity index (χ1) is 20.3. The van der Waals surface area contributed by atoms with Crippen molar-refractivity contribution in [3.05, 3.63) is 94.6 Å². The number of hydrogen-bond acceptors (Lipinski definition) is 6. The lowest BCUT2D eigenvalue weighted by Crippen LogP contribution is -2.33. The number of carboxylic acids is 1. The largest absolute Gasteiger partial charge is 0.490 e. The number of carbonyl (C=O) groups excluding carboxylic acids is 2. The molecule has 1 heterocycles. The van der Waals surface area contributed by atoms with E-state index < -0.39 is 18.2 Å². The fourth-order valence-electron chi connectivity index (χ4n) is 4.06. The second-order valence-corrected chi connectivity index (χ2v) is 9.72. The van der Waals surface area contributed by atoms with Crippen LogP contribution in [0.4, 0.5) is 30.4 Å². The molecule has 0 radical (unpaired) electrons. The number of amides is 2. The maximum atomic E-state index is 13.5. The Hall–Kier alpha value is -4.84. The van der Waals surface area contributed by atoms with Gasteiger partial charge in [0.1, 0.15) is 11.9 Å². The minimum Gasteiger partial charge on any atom is -0.475 e. The third-order valence-corrected chi connectivity index (χ3v) is 6.48. The van der Waals surface area contributed by atoms with Crippen LogP contribution in [0, 0.1) is 0 Å². The van der Waals surface area contributed by atoms with Gasteiger partial charge in [-0.15, -0.1) is 0 Å². The van der Waals surface area contributed by atoms with Crippen molar-refractivity contribution in [1.29, 1.82) is 0 Å². The maximum absolute atomic E-state index is 13.5. The van der Waals surface area contributed by atoms with Gasteiger partial charge < -0.3 is 26.8 Å². The molecule has 0 aliphatic carbocycles. The summed E-state index contributed by atoms with van der Waals surface area (Å²) in [5.74, 6) is -2.64. The fraction of sp³-hybridized carbons (Fsp3) is 0.200. The summed E-state index contributed by atoms with van der Waals surface area (Å²) in [4.78, 5) is 37.9. The fourth-order valence-corrected chi connectivity index (χ4v) is 4.31. The van der Waals surface area contributed by atoms with E-state index in [1.807, 2.05) is 67.6 Å². The van der Waals surface area contributed by atoms with Crippen molar-refractivity contribution in [2.24, 2.45) is 0 Å². The molecule has 0 spiro atoms. The number of nitrogens with two attached hydrogens (primary N) is 1. The lowest BCUT2D eigenvalue weighted by molar-refractivity contribution is -0.192. The molecule has 3 aromatic carbocycles. The second kappa shape index (κ2) is 14.4. The molecule has 0 fully saturated rings. The van der Waals surface area contributed by atoms with Crippen molar-refractivity contribution in [2.75, 3.05) is 16.4 Å². The van der Waals surface area contributed by atoms with Crippen LogP contribution in [0.25, 0.3) is 10.8 Å². The zero-order valence-electron chi connectivity index (χ0n) is 23.1. The van der Waals surface area contributed by atoms with E-state index in [9.17, 15) is 22.8 Å². The van der Waals surface area contributed by atoms with Gasteiger partial charge in [-0.1, -0.05) is 42.8 Å². The minimum absolute atomic E-state index is 0.150. The van der Waals surface area contributed by atoms with E-state index in [1.54, 1.807) is 12.3 Å². The summed E-state index contributed by atoms with van der Waals surface area (Å²) in [7, 11) is 0. The molecule has 0 aliphatic heterocycles. The van der Waals surface area contributed by atoms with Gasteiger partial charge in [0.15, 0.2) is 0 Å². The number of hydrogen-bond donors (Lipinski definition) is 5. The molecule has 226 valence electrons. The molecule has 0 saturated carbocycles. The summed E-state index contributed by atoms with van der Waals surface area (Å²) < 4.78 is 31.7. The number of alkyl halides is 3. The van der Waals surface area contributed by atoms with Crippen LogP contribution >= 0.6 is 11.6 Å². The van der Waals surface area contributed by atoms with E-state index in [1.165, 1.54) is 6.92 Å². The maximum Gasteiger partial charge on any atom is 0.490 e. The molecule has 43 heavy (non-hydrogen) atoms. The van der Waals surface area contributed by atoms with E-state index in [-0.39, 0.29) is 11.8 Å². The average molecular weight is 616 g/mol. The Labute approximate surface area is 250 Å². The predicted molar refractivity (Wildman–Crippen MR) is 160 cm³/mol. The van der Waals surface area contributed by atoms with Gasteiger partial charge in [0, 0.05) is 41.4 Å². The number of aryl methyl sites for hydroxylation is 1. The van der Waals surface area contributed by atoms with Crippen molar-refractivity contribution >= 4 is 57.3 Å². The molecular formula is C30H29ClF3N5O4. The topological polar surface area (TPSA) is 146 Å². The third kappa shape index (κ3) is 9.33. The summed E-state index contributed by atoms with van der Waals surface area (Å²) in [5, 5.41) is 18.7. The van der Waals surface area contributed by atoms with Crippen LogP contribution < -0.4 is 21.7 Å². The molecule has 1 aromatic heterocycles. The first-order valence-corrected chi connectivity index (χ1v) is 13.3. The van der Waals surface area contributed by atoms with Crippen LogP contribution in [0.15, 0.2) is 72.9 Å². The Morgan fingerprint density at radius 3 is 2.40 bits per heavy atom. The molecular weight excluding hydrogens is 587 g/mol. The number of carboxylic acid groups (broad SMARTS) is 1. The Kier molecular flexibility index (Phi) is 10.9. The Balaban J connectivity index is 0.000000646. The summed E-state index contributed by atoms with van der Waals surface area (Å²) >= 11 is 6.34. The first kappa shape index (κ1) is 32.7. The molecule has 4 rings (SSSR count). The molecule has 1 atom stereocenters. The van der Waals surface area contributed by atoms with Crippen molar-refractivity contribution in [3.8, 4) is 0 Å². The van der Waals surface area contributed by atoms with Gasteiger partial charge in [0.05, 0.1) is 0 Å². The molecule has 1 unspecified atom stereocenters. The summed E-state index contributed by atoms with van der Waals surface area (Å²) in [6.45, 7) is 3.79. The molecule has 4 aromatic rings. The first-order valence-electron chi connectivity index (χ1n) is 12.9. The van der Waals surface area contributed by atoms with Crippen LogP contribution in [0.3, 0.4) is 0 Å². The summed E-state index contributed by atoms with van der Waals surface area (Å²) in [6.07, 6.45) is -2.67. The monoisotopic (exact) mass is 615 g/mol. The minimum atomic E-state index is -5.08. The normalized spacial score (nSPS) is 11.6. The second-order valence-electron chi connectivity index (χ2n) is 9.32. The Morgan fingerprint density at radius 1 is 1.02 bits per heavy atom. The van der Waals surface area contributed by atoms with E-state index in [0.717, 1.165) is 39.6 Å². The third-order valence-electron chi connectivity index (χ3n) is 6.11. The Bertz CT molecular complexity index is 1630. The SMILES string of the molecule is CCc1cc(C(Nc2ccc3c(N)nccc3c2)C(=O)NCc2cccc(NC(C)=O)c2)ccc1Cl.O=C(O)C(F)(F)F. The number of nitrogens with one attached hydrogen (secondary N) is 3. The number of rotatable bonds is 8. The van der Waals surface area contributed by atoms with Crippen LogP contribution in [0.2, 0.25) is 5.02 Å². The van der Waals surface area contributed by atoms with Gasteiger partial charge in [-0.25, -0.2) is 9.78 Å². The lowest BCUT2D eigenvalue weighted by Gasteiger charge is -2.21. The van der Waals surface area contributed by atoms with Crippen molar-refractivity contribution in [3.63, 3.8) is 0 Å². The highest BCUT2D eigenvalue weighted by molar-refractivity contribution is 6.31. The number of benzene rings is 3. The molecule has 0 bridgehead atoms. The number of nitrogen functional groups attached to an aromatic ring is 1. The molecule has 2 amide bonds. The standard InChI is InChI=1S/C28H28ClN5O2.C2HF3O2/c1-3-19-14-21(7-10-25(19)29)26(34-23-8-9-24-20(15-23)11-12-31-27(24)30)28(36)32-16-18-5-4-6-22(13-18)33-17(2)35;3-2(4,5)1(6)7/h4-15,26,34H,3,16H2,1-2H3,(H2,30,31)(H,32,36)(H,33,35);(H,6,7). The molecule has 9 nitrogen and oxygen atoms in total. The lowest BCUT2D eigenvalue weighted by atomic mass is 10.0. The number of aliphatic carboxylic acids is 1. The number of carbonyl (C=O) groups is 3. The quantitative estimate of drug-likeness (QED) is 0.161. The zero-order chi connectivity index (χ0) is 31.7. The Morgan fingerprint density at radius 2 is 1.74 bits per heavy atom. The van der Waals surface area contributed by atoms with Gasteiger partial charge in [-0.05, 0) is 71.0 Å². The van der Waals surface area contributed by atoms with E-state index in [4.69, 9.17) is 27.2 Å². The zero-order valence-corrected chi connectivity index (χ0v) is 23.9. The number of anilines is 3. The van der Waals surface area contributed by atoms with Crippen LogP contribution in [0.1, 0.15) is 36.6 Å². The van der Waals surface area contributed by atoms with Gasteiger partial charge in [-0.3, -0.25) is 9.59 Å². The average Bonchev–Trinajstić information content (AvgIpc) is 2.95. The molecule has 0 saturated heterocycles. The van der Waals surface area contributed by atoms with Gasteiger partial charge in [0.2, 0.25) is 11.8 Å². The highest BCUT2D eigenvalue weighted by Gasteiger charge is 2.38. The number of pyridine rings is 1. The number of nitrogens with zero attached hydrogens (tertiary/aromatic N) is 1. The summed E-state index contributed by atoms with van der Waals surface area (Å²) in [5.41, 5.74) is 10.1. The number of halogens is 4. The van der Waals surface area contributed by atoms with E-state index >= 15 is 0 Å². The number of aromatic nitrogens is 1. The van der Waals surface area contributed by atoms with Gasteiger partial charge in [-0.2, -0.15) is 13.2 Å². The smallest absolute Gasteiger partial charge is 0.475 e. The molecule has 13 heteroatoms. The van der Waals surface area contributed by atoms with E-state index in [0.29, 0.717) is 23.1 Å². The van der Waals surface area contributed by atoms with Gasteiger partial charge >= 0.3 is 12.1 Å². The van der Waals surface area contributed by atoms with Crippen LogP contribution in [-0.2, 0) is 27.3 Å². The van der Waals surface area contributed by atoms with Crippen molar-refractivity contribution < 1.29 is 32.7 Å². The molecule has 6 N–H and O–H groups in total. The van der Waals surface area contributed by atoms with Gasteiger partial charge in [0.25, 0.3) is 0 Å². The highest BCUT2D eigenvalue weighted by Crippen LogP contribution is 2.28.